The molecule has 1 heterocycles. The standard InChI is InChI=1S/C15H20N4O2/c1-2-7-19(8-9-20)14-11-5-3-4-6-13(11)17-10-12(14)15(16)18-21/h3-6,10,20-21H,2,7-9H2,1H3,(H2,16,18). The van der Waals surface area contributed by atoms with E-state index in [1.807, 2.05) is 29.2 Å². The lowest BCUT2D eigenvalue weighted by molar-refractivity contribution is 0.302. The second-order valence-electron chi connectivity index (χ2n) is 4.73. The summed E-state index contributed by atoms with van der Waals surface area (Å²) in [7, 11) is 0. The number of para-hydroxylation sites is 1. The van der Waals surface area contributed by atoms with E-state index in [4.69, 9.17) is 10.9 Å². The van der Waals surface area contributed by atoms with E-state index in [-0.39, 0.29) is 12.4 Å². The molecule has 6 nitrogen and oxygen atoms in total. The SMILES string of the molecule is CCCN(CCO)c1c(C(N)=NO)cnc2ccccc12. The lowest BCUT2D eigenvalue weighted by Gasteiger charge is -2.27. The number of nitrogens with zero attached hydrogens (tertiary/aromatic N) is 3. The summed E-state index contributed by atoms with van der Waals surface area (Å²) in [6.07, 6.45) is 2.53. The van der Waals surface area contributed by atoms with E-state index in [1.165, 1.54) is 0 Å². The number of aliphatic hydroxyl groups is 1. The van der Waals surface area contributed by atoms with Crippen LogP contribution in [0.3, 0.4) is 0 Å². The minimum Gasteiger partial charge on any atom is -0.409 e. The predicted molar refractivity (Wildman–Crippen MR) is 83.8 cm³/mol. The molecule has 6 heteroatoms. The maximum absolute atomic E-state index is 9.32. The molecule has 0 saturated heterocycles. The van der Waals surface area contributed by atoms with E-state index >= 15 is 0 Å². The van der Waals surface area contributed by atoms with Gasteiger partial charge < -0.3 is 20.9 Å². The Hall–Kier alpha value is -2.34. The van der Waals surface area contributed by atoms with Crippen molar-refractivity contribution in [2.45, 2.75) is 13.3 Å². The van der Waals surface area contributed by atoms with Crippen molar-refractivity contribution in [3.8, 4) is 0 Å². The lowest BCUT2D eigenvalue weighted by atomic mass is 10.1. The maximum atomic E-state index is 9.32. The highest BCUT2D eigenvalue weighted by Gasteiger charge is 2.17. The highest BCUT2D eigenvalue weighted by Crippen LogP contribution is 2.29. The highest BCUT2D eigenvalue weighted by atomic mass is 16.4. The number of aromatic nitrogens is 1. The van der Waals surface area contributed by atoms with Gasteiger partial charge in [0.05, 0.1) is 23.4 Å². The molecule has 1 aromatic heterocycles. The van der Waals surface area contributed by atoms with Crippen LogP contribution in [0.2, 0.25) is 0 Å². The van der Waals surface area contributed by atoms with Crippen molar-refractivity contribution in [2.24, 2.45) is 10.9 Å². The molecule has 0 amide bonds. The quantitative estimate of drug-likeness (QED) is 0.324. The summed E-state index contributed by atoms with van der Waals surface area (Å²) in [6, 6.07) is 7.70. The largest absolute Gasteiger partial charge is 0.409 e. The molecule has 2 aromatic rings. The number of rotatable bonds is 6. The number of benzene rings is 1. The van der Waals surface area contributed by atoms with Crippen molar-refractivity contribution >= 4 is 22.4 Å². The van der Waals surface area contributed by atoms with Crippen LogP contribution in [0.5, 0.6) is 0 Å². The van der Waals surface area contributed by atoms with E-state index < -0.39 is 0 Å². The van der Waals surface area contributed by atoms with Gasteiger partial charge in [-0.1, -0.05) is 30.3 Å². The summed E-state index contributed by atoms with van der Waals surface area (Å²) < 4.78 is 0. The molecule has 0 bridgehead atoms. The van der Waals surface area contributed by atoms with Gasteiger partial charge in [-0.25, -0.2) is 0 Å². The molecular weight excluding hydrogens is 268 g/mol. The van der Waals surface area contributed by atoms with Gasteiger partial charge in [-0.3, -0.25) is 4.98 Å². The number of anilines is 1. The Bertz CT molecular complexity index is 637. The zero-order valence-electron chi connectivity index (χ0n) is 12.0. The van der Waals surface area contributed by atoms with Gasteiger partial charge in [-0.15, -0.1) is 0 Å². The first-order valence-electron chi connectivity index (χ1n) is 6.94. The zero-order valence-corrected chi connectivity index (χ0v) is 12.0. The molecular formula is C15H20N4O2. The van der Waals surface area contributed by atoms with E-state index in [0.29, 0.717) is 12.1 Å². The van der Waals surface area contributed by atoms with Gasteiger partial charge in [0.25, 0.3) is 0 Å². The Labute approximate surface area is 123 Å². The topological polar surface area (TPSA) is 95.0 Å². The average molecular weight is 288 g/mol. The first-order valence-corrected chi connectivity index (χ1v) is 6.94. The van der Waals surface area contributed by atoms with Crippen LogP contribution in [0.4, 0.5) is 5.69 Å². The predicted octanol–water partition coefficient (Wildman–Crippen LogP) is 1.54. The lowest BCUT2D eigenvalue weighted by Crippen LogP contribution is -2.30. The number of nitrogens with two attached hydrogens (primary N) is 1. The van der Waals surface area contributed by atoms with Crippen molar-refractivity contribution in [2.75, 3.05) is 24.6 Å². The van der Waals surface area contributed by atoms with Crippen LogP contribution in [-0.2, 0) is 0 Å². The molecule has 0 saturated carbocycles. The number of aliphatic hydroxyl groups excluding tert-OH is 1. The molecule has 0 aliphatic carbocycles. The molecule has 0 fully saturated rings. The van der Waals surface area contributed by atoms with Gasteiger partial charge in [0.1, 0.15) is 0 Å². The minimum atomic E-state index is 0.0160. The van der Waals surface area contributed by atoms with Gasteiger partial charge in [0.15, 0.2) is 5.84 Å². The van der Waals surface area contributed by atoms with E-state index in [1.54, 1.807) is 6.20 Å². The number of oxime groups is 1. The fourth-order valence-corrected chi connectivity index (χ4v) is 2.43. The Morgan fingerprint density at radius 2 is 2.10 bits per heavy atom. The summed E-state index contributed by atoms with van der Waals surface area (Å²) >= 11 is 0. The molecule has 0 unspecified atom stereocenters. The molecule has 1 aromatic carbocycles. The van der Waals surface area contributed by atoms with Crippen LogP contribution in [0, 0.1) is 0 Å². The second kappa shape index (κ2) is 6.90. The van der Waals surface area contributed by atoms with E-state index in [9.17, 15) is 5.11 Å². The monoisotopic (exact) mass is 288 g/mol. The first-order chi connectivity index (χ1) is 10.2. The summed E-state index contributed by atoms with van der Waals surface area (Å²) in [5.74, 6) is 0.0160. The molecule has 0 aliphatic heterocycles. The molecule has 0 aliphatic rings. The Kier molecular flexibility index (Phi) is 4.94. The molecule has 0 radical (unpaired) electrons. The van der Waals surface area contributed by atoms with Gasteiger partial charge in [-0.05, 0) is 12.5 Å². The molecule has 0 atom stereocenters. The number of pyridine rings is 1. The van der Waals surface area contributed by atoms with Crippen molar-refractivity contribution in [3.05, 3.63) is 36.0 Å². The third-order valence-electron chi connectivity index (χ3n) is 3.31. The van der Waals surface area contributed by atoms with Crippen LogP contribution in [0.1, 0.15) is 18.9 Å². The van der Waals surface area contributed by atoms with Crippen LogP contribution < -0.4 is 10.6 Å². The summed E-state index contributed by atoms with van der Waals surface area (Å²) in [6.45, 7) is 3.34. The van der Waals surface area contributed by atoms with Crippen LogP contribution in [0.15, 0.2) is 35.6 Å². The maximum Gasteiger partial charge on any atom is 0.173 e. The van der Waals surface area contributed by atoms with E-state index in [0.717, 1.165) is 29.6 Å². The molecule has 0 spiro atoms. The van der Waals surface area contributed by atoms with E-state index in [2.05, 4.69) is 17.1 Å². The second-order valence-corrected chi connectivity index (χ2v) is 4.73. The Morgan fingerprint density at radius 1 is 1.33 bits per heavy atom. The van der Waals surface area contributed by atoms with Crippen molar-refractivity contribution in [1.29, 1.82) is 0 Å². The van der Waals surface area contributed by atoms with Crippen molar-refractivity contribution in [1.82, 2.24) is 4.98 Å². The first kappa shape index (κ1) is 15.1. The van der Waals surface area contributed by atoms with Gasteiger partial charge >= 0.3 is 0 Å². The summed E-state index contributed by atoms with van der Waals surface area (Å²) in [5, 5.41) is 22.3. The normalized spacial score (nSPS) is 11.8. The zero-order chi connectivity index (χ0) is 15.2. The molecule has 21 heavy (non-hydrogen) atoms. The number of hydrogen-bond acceptors (Lipinski definition) is 5. The Morgan fingerprint density at radius 3 is 2.76 bits per heavy atom. The fourth-order valence-electron chi connectivity index (χ4n) is 2.43. The molecule has 2 rings (SSSR count). The Balaban J connectivity index is 2.70. The molecule has 112 valence electrons. The third kappa shape index (κ3) is 3.05. The van der Waals surface area contributed by atoms with Crippen molar-refractivity contribution in [3.63, 3.8) is 0 Å². The third-order valence-corrected chi connectivity index (χ3v) is 3.31. The number of amidine groups is 1. The molecule has 4 N–H and O–H groups in total. The fraction of sp³-hybridized carbons (Fsp3) is 0.333. The van der Waals surface area contributed by atoms with Gasteiger partial charge in [0, 0.05) is 24.7 Å². The highest BCUT2D eigenvalue weighted by molar-refractivity contribution is 6.08. The summed E-state index contributed by atoms with van der Waals surface area (Å²) in [4.78, 5) is 6.39. The number of fused-ring (bicyclic) bond motifs is 1. The summed E-state index contributed by atoms with van der Waals surface area (Å²) in [5.41, 5.74) is 8.03. The van der Waals surface area contributed by atoms with Crippen LogP contribution >= 0.6 is 0 Å². The van der Waals surface area contributed by atoms with Crippen LogP contribution in [-0.4, -0.2) is 40.8 Å². The smallest absolute Gasteiger partial charge is 0.173 e. The number of hydrogen-bond donors (Lipinski definition) is 3. The van der Waals surface area contributed by atoms with Crippen LogP contribution in [0.25, 0.3) is 10.9 Å². The van der Waals surface area contributed by atoms with Crippen molar-refractivity contribution < 1.29 is 10.3 Å². The average Bonchev–Trinajstić information content (AvgIpc) is 2.53. The van der Waals surface area contributed by atoms with Gasteiger partial charge in [0.2, 0.25) is 0 Å². The minimum absolute atomic E-state index is 0.0160. The van der Waals surface area contributed by atoms with Gasteiger partial charge in [-0.2, -0.15) is 0 Å².